The van der Waals surface area contributed by atoms with Crippen molar-refractivity contribution in [3.8, 4) is 0 Å². The van der Waals surface area contributed by atoms with Crippen LogP contribution in [0.15, 0.2) is 42.5 Å². The number of anilines is 1. The molecule has 0 radical (unpaired) electrons. The molecule has 0 aliphatic heterocycles. The highest BCUT2D eigenvalue weighted by molar-refractivity contribution is 5.95. The van der Waals surface area contributed by atoms with Gasteiger partial charge in [-0.25, -0.2) is 0 Å². The summed E-state index contributed by atoms with van der Waals surface area (Å²) in [7, 11) is 2.06. The molecule has 2 aromatic rings. The molecule has 0 saturated carbocycles. The van der Waals surface area contributed by atoms with Crippen LogP contribution in [0, 0.1) is 19.3 Å². The summed E-state index contributed by atoms with van der Waals surface area (Å²) in [5, 5.41) is 7.52. The lowest BCUT2D eigenvalue weighted by atomic mass is 10.0. The van der Waals surface area contributed by atoms with E-state index in [-0.39, 0.29) is 5.84 Å². The lowest BCUT2D eigenvalue weighted by molar-refractivity contribution is 0.912. The van der Waals surface area contributed by atoms with Crippen molar-refractivity contribution < 1.29 is 0 Å². The Balaban J connectivity index is 2.23. The van der Waals surface area contributed by atoms with Crippen molar-refractivity contribution in [2.75, 3.05) is 11.9 Å². The lowest BCUT2D eigenvalue weighted by Crippen LogP contribution is -2.18. The number of rotatable bonds is 4. The standard InChI is InChI=1S/C17H21N3/c1-12-7-8-13(2)15(9-12)11-20(3)16-6-4-5-14(10-16)17(18)19/h4-10H,11H2,1-3H3,(H3,18,19). The van der Waals surface area contributed by atoms with Gasteiger partial charge in [0.25, 0.3) is 0 Å². The van der Waals surface area contributed by atoms with Crippen molar-refractivity contribution in [1.29, 1.82) is 5.41 Å². The number of nitrogen functional groups attached to an aromatic ring is 1. The van der Waals surface area contributed by atoms with Crippen LogP contribution in [0.3, 0.4) is 0 Å². The van der Waals surface area contributed by atoms with E-state index in [9.17, 15) is 0 Å². The van der Waals surface area contributed by atoms with Crippen LogP contribution in [0.2, 0.25) is 0 Å². The van der Waals surface area contributed by atoms with Crippen molar-refractivity contribution in [2.24, 2.45) is 5.73 Å². The zero-order valence-electron chi connectivity index (χ0n) is 12.3. The van der Waals surface area contributed by atoms with Gasteiger partial charge in [-0.2, -0.15) is 0 Å². The molecule has 20 heavy (non-hydrogen) atoms. The number of amidine groups is 1. The van der Waals surface area contributed by atoms with Gasteiger partial charge in [0.05, 0.1) is 0 Å². The van der Waals surface area contributed by atoms with E-state index in [1.807, 2.05) is 24.3 Å². The topological polar surface area (TPSA) is 53.1 Å². The summed E-state index contributed by atoms with van der Waals surface area (Å²) in [6.45, 7) is 5.09. The molecule has 2 rings (SSSR count). The Morgan fingerprint density at radius 2 is 1.90 bits per heavy atom. The highest BCUT2D eigenvalue weighted by atomic mass is 15.1. The molecule has 3 N–H and O–H groups in total. The predicted octanol–water partition coefficient (Wildman–Crippen LogP) is 3.22. The van der Waals surface area contributed by atoms with E-state index < -0.39 is 0 Å². The summed E-state index contributed by atoms with van der Waals surface area (Å²) >= 11 is 0. The van der Waals surface area contributed by atoms with E-state index in [0.29, 0.717) is 0 Å². The summed E-state index contributed by atoms with van der Waals surface area (Å²) in [4.78, 5) is 2.17. The van der Waals surface area contributed by atoms with Gasteiger partial charge in [-0.15, -0.1) is 0 Å². The number of benzene rings is 2. The second kappa shape index (κ2) is 5.78. The van der Waals surface area contributed by atoms with Crippen LogP contribution in [-0.4, -0.2) is 12.9 Å². The Morgan fingerprint density at radius 3 is 2.60 bits per heavy atom. The van der Waals surface area contributed by atoms with Gasteiger partial charge >= 0.3 is 0 Å². The second-order valence-electron chi connectivity index (χ2n) is 5.25. The minimum absolute atomic E-state index is 0.104. The van der Waals surface area contributed by atoms with Crippen molar-refractivity contribution in [3.05, 3.63) is 64.7 Å². The maximum Gasteiger partial charge on any atom is 0.122 e. The van der Waals surface area contributed by atoms with Crippen LogP contribution in [0.1, 0.15) is 22.3 Å². The smallest absolute Gasteiger partial charge is 0.122 e. The van der Waals surface area contributed by atoms with Crippen LogP contribution in [0.4, 0.5) is 5.69 Å². The molecule has 0 heterocycles. The highest BCUT2D eigenvalue weighted by Gasteiger charge is 2.06. The fraction of sp³-hybridized carbons (Fsp3) is 0.235. The zero-order chi connectivity index (χ0) is 14.7. The molecule has 0 spiro atoms. The van der Waals surface area contributed by atoms with E-state index in [2.05, 4.69) is 44.0 Å². The van der Waals surface area contributed by atoms with Crippen molar-refractivity contribution in [1.82, 2.24) is 0 Å². The molecule has 0 aliphatic rings. The normalized spacial score (nSPS) is 10.3. The Hall–Kier alpha value is -2.29. The Kier molecular flexibility index (Phi) is 4.08. The van der Waals surface area contributed by atoms with Crippen LogP contribution in [0.25, 0.3) is 0 Å². The van der Waals surface area contributed by atoms with Gasteiger partial charge in [0.1, 0.15) is 5.84 Å². The summed E-state index contributed by atoms with van der Waals surface area (Å²) in [6.07, 6.45) is 0. The summed E-state index contributed by atoms with van der Waals surface area (Å²) in [5.41, 5.74) is 11.3. The number of hydrogen-bond acceptors (Lipinski definition) is 2. The molecule has 0 bridgehead atoms. The largest absolute Gasteiger partial charge is 0.384 e. The first-order valence-corrected chi connectivity index (χ1v) is 6.69. The molecule has 104 valence electrons. The van der Waals surface area contributed by atoms with Crippen LogP contribution >= 0.6 is 0 Å². The van der Waals surface area contributed by atoms with Gasteiger partial charge in [-0.1, -0.05) is 35.9 Å². The Labute approximate surface area is 120 Å². The molecule has 0 aromatic heterocycles. The Morgan fingerprint density at radius 1 is 1.15 bits per heavy atom. The maximum absolute atomic E-state index is 7.52. The molecular formula is C17H21N3. The number of nitrogens with one attached hydrogen (secondary N) is 1. The van der Waals surface area contributed by atoms with E-state index in [0.717, 1.165) is 17.8 Å². The average molecular weight is 267 g/mol. The van der Waals surface area contributed by atoms with E-state index >= 15 is 0 Å². The molecule has 0 saturated heterocycles. The first-order chi connectivity index (χ1) is 9.47. The van der Waals surface area contributed by atoms with Crippen molar-refractivity contribution in [2.45, 2.75) is 20.4 Å². The summed E-state index contributed by atoms with van der Waals surface area (Å²) in [6, 6.07) is 14.3. The number of nitrogens with zero attached hydrogens (tertiary/aromatic N) is 1. The third-order valence-electron chi connectivity index (χ3n) is 3.51. The van der Waals surface area contributed by atoms with Gasteiger partial charge in [0.2, 0.25) is 0 Å². The third-order valence-corrected chi connectivity index (χ3v) is 3.51. The van der Waals surface area contributed by atoms with E-state index in [1.165, 1.54) is 16.7 Å². The molecular weight excluding hydrogens is 246 g/mol. The average Bonchev–Trinajstić information content (AvgIpc) is 2.43. The van der Waals surface area contributed by atoms with E-state index in [4.69, 9.17) is 11.1 Å². The second-order valence-corrected chi connectivity index (χ2v) is 5.25. The molecule has 0 atom stereocenters. The first-order valence-electron chi connectivity index (χ1n) is 6.69. The summed E-state index contributed by atoms with van der Waals surface area (Å²) in [5.74, 6) is 0.104. The molecule has 0 amide bonds. The minimum Gasteiger partial charge on any atom is -0.384 e. The highest BCUT2D eigenvalue weighted by Crippen LogP contribution is 2.19. The molecule has 3 heteroatoms. The predicted molar refractivity (Wildman–Crippen MR) is 85.5 cm³/mol. The fourth-order valence-electron chi connectivity index (χ4n) is 2.23. The molecule has 0 unspecified atom stereocenters. The summed E-state index contributed by atoms with van der Waals surface area (Å²) < 4.78 is 0. The van der Waals surface area contributed by atoms with Gasteiger partial charge in [0.15, 0.2) is 0 Å². The quantitative estimate of drug-likeness (QED) is 0.660. The zero-order valence-corrected chi connectivity index (χ0v) is 12.3. The first kappa shape index (κ1) is 14.1. The molecule has 0 aliphatic carbocycles. The fourth-order valence-corrected chi connectivity index (χ4v) is 2.23. The van der Waals surface area contributed by atoms with Gasteiger partial charge < -0.3 is 10.6 Å². The maximum atomic E-state index is 7.52. The third kappa shape index (κ3) is 3.18. The lowest BCUT2D eigenvalue weighted by Gasteiger charge is -2.21. The van der Waals surface area contributed by atoms with Crippen molar-refractivity contribution >= 4 is 11.5 Å². The number of aryl methyl sites for hydroxylation is 2. The van der Waals surface area contributed by atoms with E-state index in [1.54, 1.807) is 0 Å². The molecule has 3 nitrogen and oxygen atoms in total. The van der Waals surface area contributed by atoms with Gasteiger partial charge in [-0.05, 0) is 37.1 Å². The van der Waals surface area contributed by atoms with Crippen molar-refractivity contribution in [3.63, 3.8) is 0 Å². The SMILES string of the molecule is Cc1ccc(C)c(CN(C)c2cccc(C(=N)N)c2)c1. The van der Waals surface area contributed by atoms with Crippen LogP contribution in [-0.2, 0) is 6.54 Å². The van der Waals surface area contributed by atoms with Gasteiger partial charge in [-0.3, -0.25) is 5.41 Å². The molecule has 0 fully saturated rings. The van der Waals surface area contributed by atoms with Crippen LogP contribution in [0.5, 0.6) is 0 Å². The molecule has 2 aromatic carbocycles. The minimum atomic E-state index is 0.104. The van der Waals surface area contributed by atoms with Gasteiger partial charge in [0, 0.05) is 24.8 Å². The Bertz CT molecular complexity index is 632. The number of hydrogen-bond donors (Lipinski definition) is 2. The number of nitrogens with two attached hydrogens (primary N) is 1. The monoisotopic (exact) mass is 267 g/mol. The van der Waals surface area contributed by atoms with Crippen LogP contribution < -0.4 is 10.6 Å².